The molecule has 3 heteroatoms. The van der Waals surface area contributed by atoms with Gasteiger partial charge in [-0.3, -0.25) is 0 Å². The first-order chi connectivity index (χ1) is 5.29. The third-order valence-corrected chi connectivity index (χ3v) is 2.97. The van der Waals surface area contributed by atoms with Crippen molar-refractivity contribution < 1.29 is 13.2 Å². The lowest BCUT2D eigenvalue weighted by Gasteiger charge is -2.43. The molecule has 0 nitrogen and oxygen atoms in total. The largest absolute Gasteiger partial charge is 0.283 e. The zero-order chi connectivity index (χ0) is 9.57. The first-order valence-electron chi connectivity index (χ1n) is 4.31. The highest BCUT2D eigenvalue weighted by Crippen LogP contribution is 2.50. The fraction of sp³-hybridized carbons (Fsp3) is 1.00. The van der Waals surface area contributed by atoms with Gasteiger partial charge in [0.05, 0.1) is 0 Å². The molecule has 1 aliphatic carbocycles. The highest BCUT2D eigenvalue weighted by molar-refractivity contribution is 4.97. The molecule has 0 aliphatic heterocycles. The van der Waals surface area contributed by atoms with Crippen molar-refractivity contribution in [1.82, 2.24) is 0 Å². The van der Waals surface area contributed by atoms with E-state index >= 15 is 0 Å². The molecule has 0 aromatic carbocycles. The summed E-state index contributed by atoms with van der Waals surface area (Å²) in [4.78, 5) is 0. The fourth-order valence-electron chi connectivity index (χ4n) is 1.63. The van der Waals surface area contributed by atoms with Crippen molar-refractivity contribution >= 4 is 0 Å². The minimum atomic E-state index is -3.16. The summed E-state index contributed by atoms with van der Waals surface area (Å²) in [5, 5.41) is 0. The van der Waals surface area contributed by atoms with E-state index in [1.165, 1.54) is 13.8 Å². The number of hydrogen-bond acceptors (Lipinski definition) is 0. The van der Waals surface area contributed by atoms with Crippen LogP contribution in [0.15, 0.2) is 0 Å². The van der Waals surface area contributed by atoms with E-state index in [1.54, 1.807) is 6.92 Å². The first-order valence-corrected chi connectivity index (χ1v) is 4.31. The Morgan fingerprint density at radius 1 is 1.25 bits per heavy atom. The Bertz CT molecular complexity index is 175. The van der Waals surface area contributed by atoms with Crippen molar-refractivity contribution in [3.8, 4) is 0 Å². The lowest BCUT2D eigenvalue weighted by atomic mass is 9.69. The molecule has 12 heavy (non-hydrogen) atoms. The molecular formula is C9H15F3. The molecule has 0 saturated heterocycles. The predicted molar refractivity (Wildman–Crippen MR) is 42.0 cm³/mol. The predicted octanol–water partition coefficient (Wildman–Crippen LogP) is 3.42. The van der Waals surface area contributed by atoms with Crippen molar-refractivity contribution in [3.63, 3.8) is 0 Å². The van der Waals surface area contributed by atoms with Crippen LogP contribution in [0.3, 0.4) is 0 Å². The highest BCUT2D eigenvalue weighted by atomic mass is 19.3. The smallest absolute Gasteiger partial charge is 0.241 e. The zero-order valence-electron chi connectivity index (χ0n) is 7.70. The maximum Gasteiger partial charge on any atom is 0.283 e. The molecule has 1 aliphatic rings. The second-order valence-electron chi connectivity index (χ2n) is 4.42. The molecule has 2 atom stereocenters. The summed E-state index contributed by atoms with van der Waals surface area (Å²) < 4.78 is 39.6. The molecule has 2 unspecified atom stereocenters. The van der Waals surface area contributed by atoms with Gasteiger partial charge in [-0.25, -0.2) is 13.2 Å². The number of alkyl halides is 3. The van der Waals surface area contributed by atoms with Crippen LogP contribution >= 0.6 is 0 Å². The zero-order valence-corrected chi connectivity index (χ0v) is 7.70. The van der Waals surface area contributed by atoms with E-state index in [-0.39, 0.29) is 0 Å². The van der Waals surface area contributed by atoms with Gasteiger partial charge in [-0.1, -0.05) is 20.8 Å². The van der Waals surface area contributed by atoms with E-state index in [0.29, 0.717) is 12.8 Å². The highest BCUT2D eigenvalue weighted by Gasteiger charge is 2.57. The van der Waals surface area contributed by atoms with E-state index in [4.69, 9.17) is 0 Å². The van der Waals surface area contributed by atoms with Gasteiger partial charge in [0.15, 0.2) is 6.17 Å². The van der Waals surface area contributed by atoms with Gasteiger partial charge in [-0.05, 0) is 18.8 Å². The second kappa shape index (κ2) is 2.64. The molecule has 0 heterocycles. The maximum atomic E-state index is 13.3. The van der Waals surface area contributed by atoms with Crippen LogP contribution in [-0.2, 0) is 0 Å². The first kappa shape index (κ1) is 9.87. The minimum Gasteiger partial charge on any atom is -0.241 e. The molecule has 1 rings (SSSR count). The average Bonchev–Trinajstić information content (AvgIpc) is 1.96. The summed E-state index contributed by atoms with van der Waals surface area (Å²) in [5.74, 6) is -3.67. The summed E-state index contributed by atoms with van der Waals surface area (Å²) in [6, 6.07) is 0. The van der Waals surface area contributed by atoms with E-state index < -0.39 is 23.4 Å². The molecule has 0 aromatic rings. The second-order valence-corrected chi connectivity index (χ2v) is 4.42. The van der Waals surface area contributed by atoms with E-state index in [9.17, 15) is 13.2 Å². The van der Waals surface area contributed by atoms with Crippen LogP contribution in [0.2, 0.25) is 0 Å². The Hall–Kier alpha value is -0.210. The number of rotatable bonds is 0. The molecule has 0 bridgehead atoms. The van der Waals surface area contributed by atoms with Crippen molar-refractivity contribution in [2.75, 3.05) is 0 Å². The van der Waals surface area contributed by atoms with Gasteiger partial charge in [-0.2, -0.15) is 0 Å². The van der Waals surface area contributed by atoms with E-state index in [2.05, 4.69) is 0 Å². The van der Waals surface area contributed by atoms with Gasteiger partial charge in [0.25, 0.3) is 5.92 Å². The standard InChI is InChI=1S/C9H15F3/c1-6-4-5-8(2,3)9(11,12)7(6)10/h6-7H,4-5H2,1-3H3. The topological polar surface area (TPSA) is 0 Å². The lowest BCUT2D eigenvalue weighted by Crippen LogP contribution is -2.51. The quantitative estimate of drug-likeness (QED) is 0.536. The molecule has 1 fully saturated rings. The van der Waals surface area contributed by atoms with Crippen LogP contribution in [0, 0.1) is 11.3 Å². The third kappa shape index (κ3) is 1.23. The van der Waals surface area contributed by atoms with Gasteiger partial charge < -0.3 is 0 Å². The van der Waals surface area contributed by atoms with Crippen LogP contribution in [-0.4, -0.2) is 12.1 Å². The molecule has 0 aromatic heterocycles. The van der Waals surface area contributed by atoms with Crippen molar-refractivity contribution in [3.05, 3.63) is 0 Å². The Kier molecular flexibility index (Phi) is 2.17. The fourth-order valence-corrected chi connectivity index (χ4v) is 1.63. The maximum absolute atomic E-state index is 13.3. The van der Waals surface area contributed by atoms with Crippen molar-refractivity contribution in [2.45, 2.75) is 45.7 Å². The van der Waals surface area contributed by atoms with Crippen LogP contribution in [0.1, 0.15) is 33.6 Å². The SMILES string of the molecule is CC1CCC(C)(C)C(F)(F)C1F. The minimum absolute atomic E-state index is 0.404. The summed E-state index contributed by atoms with van der Waals surface area (Å²) in [6.45, 7) is 4.42. The van der Waals surface area contributed by atoms with Crippen LogP contribution in [0.25, 0.3) is 0 Å². The average molecular weight is 180 g/mol. The van der Waals surface area contributed by atoms with Crippen molar-refractivity contribution in [1.29, 1.82) is 0 Å². The van der Waals surface area contributed by atoms with Gasteiger partial charge >= 0.3 is 0 Å². The Labute approximate surface area is 71.1 Å². The summed E-state index contributed by atoms with van der Waals surface area (Å²) >= 11 is 0. The normalized spacial score (nSPS) is 39.5. The number of halogens is 3. The monoisotopic (exact) mass is 180 g/mol. The molecule has 0 N–H and O–H groups in total. The Morgan fingerprint density at radius 3 is 2.17 bits per heavy atom. The van der Waals surface area contributed by atoms with Gasteiger partial charge in [0.2, 0.25) is 0 Å². The Morgan fingerprint density at radius 2 is 1.75 bits per heavy atom. The van der Waals surface area contributed by atoms with E-state index in [0.717, 1.165) is 0 Å². The summed E-state index contributed by atoms with van der Waals surface area (Å²) in [7, 11) is 0. The lowest BCUT2D eigenvalue weighted by molar-refractivity contribution is -0.194. The van der Waals surface area contributed by atoms with Crippen LogP contribution in [0.4, 0.5) is 13.2 Å². The molecule has 1 saturated carbocycles. The van der Waals surface area contributed by atoms with Gasteiger partial charge in [-0.15, -0.1) is 0 Å². The van der Waals surface area contributed by atoms with E-state index in [1.807, 2.05) is 0 Å². The number of hydrogen-bond donors (Lipinski definition) is 0. The van der Waals surface area contributed by atoms with Crippen LogP contribution in [0.5, 0.6) is 0 Å². The molecule has 0 radical (unpaired) electrons. The molecular weight excluding hydrogens is 165 g/mol. The van der Waals surface area contributed by atoms with Crippen molar-refractivity contribution in [2.24, 2.45) is 11.3 Å². The van der Waals surface area contributed by atoms with Gasteiger partial charge in [0, 0.05) is 5.41 Å². The molecule has 0 spiro atoms. The third-order valence-electron chi connectivity index (χ3n) is 2.97. The van der Waals surface area contributed by atoms with Crippen LogP contribution < -0.4 is 0 Å². The summed E-state index contributed by atoms with van der Waals surface area (Å²) in [6.07, 6.45) is -1.01. The summed E-state index contributed by atoms with van der Waals surface area (Å²) in [5.41, 5.74) is -1.18. The molecule has 72 valence electrons. The molecule has 0 amide bonds. The Balaban J connectivity index is 2.88. The van der Waals surface area contributed by atoms with Gasteiger partial charge in [0.1, 0.15) is 0 Å².